The van der Waals surface area contributed by atoms with Crippen LogP contribution < -0.4 is 0 Å². The van der Waals surface area contributed by atoms with Crippen molar-refractivity contribution in [2.45, 2.75) is 31.6 Å². The van der Waals surface area contributed by atoms with E-state index in [2.05, 4.69) is 134 Å². The molecule has 0 radical (unpaired) electrons. The van der Waals surface area contributed by atoms with Gasteiger partial charge >= 0.3 is 0 Å². The van der Waals surface area contributed by atoms with Crippen molar-refractivity contribution in [3.63, 3.8) is 0 Å². The molecule has 0 saturated heterocycles. The number of hydrogen-bond acceptors (Lipinski definition) is 0. The van der Waals surface area contributed by atoms with Gasteiger partial charge in [0.1, 0.15) is 0 Å². The van der Waals surface area contributed by atoms with E-state index in [0.29, 0.717) is 0 Å². The largest absolute Gasteiger partial charge is 0.0619 e. The van der Waals surface area contributed by atoms with Crippen LogP contribution in [0, 0.1) is 0 Å². The summed E-state index contributed by atoms with van der Waals surface area (Å²) in [4.78, 5) is 0. The van der Waals surface area contributed by atoms with Crippen LogP contribution in [0.15, 0.2) is 127 Å². The molecule has 41 heavy (non-hydrogen) atoms. The van der Waals surface area contributed by atoms with E-state index >= 15 is 0 Å². The van der Waals surface area contributed by atoms with Gasteiger partial charge in [0.2, 0.25) is 0 Å². The Balaban J connectivity index is 1.35. The molecule has 0 heteroatoms. The van der Waals surface area contributed by atoms with Crippen LogP contribution >= 0.6 is 0 Å². The molecule has 6 aromatic rings. The Morgan fingerprint density at radius 3 is 0.976 bits per heavy atom. The van der Waals surface area contributed by atoms with Crippen molar-refractivity contribution in [1.29, 1.82) is 0 Å². The maximum Gasteiger partial charge on any atom is 0.0432 e. The van der Waals surface area contributed by atoms with E-state index in [-0.39, 0.29) is 5.41 Å². The van der Waals surface area contributed by atoms with E-state index in [1.165, 1.54) is 83.5 Å². The Kier molecular flexibility index (Phi) is 4.73. The van der Waals surface area contributed by atoms with E-state index in [0.717, 1.165) is 19.3 Å². The molecule has 0 bridgehead atoms. The average Bonchev–Trinajstić information content (AvgIpc) is 3.71. The van der Waals surface area contributed by atoms with Gasteiger partial charge in [0.25, 0.3) is 0 Å². The van der Waals surface area contributed by atoms with Crippen molar-refractivity contribution < 1.29 is 0 Å². The molecule has 6 aromatic carbocycles. The number of hydrogen-bond donors (Lipinski definition) is 0. The maximum atomic E-state index is 2.52. The Bertz CT molecular complexity index is 1810. The Morgan fingerprint density at radius 1 is 0.341 bits per heavy atom. The SMILES string of the molecule is CC(c1cccc2c1Cc1ccccc1-2)(c1cccc2c1Cc1ccccc1-2)c1cccc2c1Cc1ccccc1-2. The molecule has 3 aliphatic carbocycles. The van der Waals surface area contributed by atoms with E-state index in [9.17, 15) is 0 Å². The van der Waals surface area contributed by atoms with Gasteiger partial charge in [-0.15, -0.1) is 0 Å². The van der Waals surface area contributed by atoms with Crippen LogP contribution in [0.3, 0.4) is 0 Å². The van der Waals surface area contributed by atoms with Crippen LogP contribution in [-0.4, -0.2) is 0 Å². The first kappa shape index (κ1) is 23.1. The molecular formula is C41H30. The molecule has 3 aliphatic rings. The van der Waals surface area contributed by atoms with E-state index in [1.807, 2.05) is 0 Å². The lowest BCUT2D eigenvalue weighted by molar-refractivity contribution is 0.672. The third-order valence-corrected chi connectivity index (χ3v) is 10.2. The molecule has 194 valence electrons. The molecule has 0 atom stereocenters. The summed E-state index contributed by atoms with van der Waals surface area (Å²) in [5.41, 5.74) is 21.2. The van der Waals surface area contributed by atoms with Gasteiger partial charge in [0, 0.05) is 5.41 Å². The van der Waals surface area contributed by atoms with Crippen molar-refractivity contribution in [2.24, 2.45) is 0 Å². The molecule has 0 amide bonds. The molecule has 0 spiro atoms. The second-order valence-electron chi connectivity index (χ2n) is 12.1. The van der Waals surface area contributed by atoms with Crippen molar-refractivity contribution in [2.75, 3.05) is 0 Å². The van der Waals surface area contributed by atoms with Crippen LogP contribution in [-0.2, 0) is 24.7 Å². The number of fused-ring (bicyclic) bond motifs is 9. The molecule has 0 nitrogen and oxygen atoms in total. The lowest BCUT2D eigenvalue weighted by atomic mass is 9.65. The maximum absolute atomic E-state index is 2.52. The standard InChI is InChI=1S/C41H30/c1-41(38-20-8-17-32-29-14-5-2-11-26(29)23-35(32)38,39-21-9-18-33-30-15-6-3-12-27(30)24-36(33)39)40-22-10-19-34-31-16-7-4-13-28(31)25-37(34)40/h2-22H,23-25H2,1H3. The minimum absolute atomic E-state index is 0.311. The predicted octanol–water partition coefficient (Wildman–Crippen LogP) is 9.75. The van der Waals surface area contributed by atoms with Gasteiger partial charge in [-0.25, -0.2) is 0 Å². The molecule has 0 saturated carbocycles. The molecule has 0 aromatic heterocycles. The minimum atomic E-state index is -0.311. The summed E-state index contributed by atoms with van der Waals surface area (Å²) in [6, 6.07) is 48.1. The second-order valence-corrected chi connectivity index (χ2v) is 12.1. The topological polar surface area (TPSA) is 0 Å². The molecule has 0 aliphatic heterocycles. The monoisotopic (exact) mass is 522 g/mol. The first-order chi connectivity index (χ1) is 20.2. The van der Waals surface area contributed by atoms with Gasteiger partial charge < -0.3 is 0 Å². The van der Waals surface area contributed by atoms with Crippen LogP contribution in [0.25, 0.3) is 33.4 Å². The van der Waals surface area contributed by atoms with Crippen molar-refractivity contribution in [3.8, 4) is 33.4 Å². The van der Waals surface area contributed by atoms with Crippen LogP contribution in [0.1, 0.15) is 57.0 Å². The number of rotatable bonds is 3. The minimum Gasteiger partial charge on any atom is -0.0619 e. The molecule has 0 heterocycles. The van der Waals surface area contributed by atoms with E-state index in [1.54, 1.807) is 0 Å². The van der Waals surface area contributed by atoms with Crippen molar-refractivity contribution in [3.05, 3.63) is 177 Å². The molecule has 9 rings (SSSR count). The highest BCUT2D eigenvalue weighted by Gasteiger charge is 2.41. The van der Waals surface area contributed by atoms with Crippen LogP contribution in [0.2, 0.25) is 0 Å². The fourth-order valence-electron chi connectivity index (χ4n) is 8.31. The third-order valence-electron chi connectivity index (χ3n) is 10.2. The van der Waals surface area contributed by atoms with Gasteiger partial charge in [0.15, 0.2) is 0 Å². The Hall–Kier alpha value is -4.68. The summed E-state index contributed by atoms with van der Waals surface area (Å²) in [6.07, 6.45) is 2.96. The van der Waals surface area contributed by atoms with E-state index < -0.39 is 0 Å². The van der Waals surface area contributed by atoms with Gasteiger partial charge in [0.05, 0.1) is 0 Å². The Labute approximate surface area is 242 Å². The summed E-state index contributed by atoms with van der Waals surface area (Å²) in [7, 11) is 0. The highest BCUT2D eigenvalue weighted by atomic mass is 14.4. The molecule has 0 N–H and O–H groups in total. The highest BCUT2D eigenvalue weighted by molar-refractivity contribution is 5.84. The zero-order valence-electron chi connectivity index (χ0n) is 23.2. The van der Waals surface area contributed by atoms with Crippen LogP contribution in [0.5, 0.6) is 0 Å². The van der Waals surface area contributed by atoms with Gasteiger partial charge in [-0.1, -0.05) is 127 Å². The highest BCUT2D eigenvalue weighted by Crippen LogP contribution is 2.53. The summed E-state index contributed by atoms with van der Waals surface area (Å²) < 4.78 is 0. The second kappa shape index (κ2) is 8.41. The van der Waals surface area contributed by atoms with Crippen molar-refractivity contribution in [1.82, 2.24) is 0 Å². The quantitative estimate of drug-likeness (QED) is 0.203. The lowest BCUT2D eigenvalue weighted by Gasteiger charge is -2.37. The fourth-order valence-corrected chi connectivity index (χ4v) is 8.31. The van der Waals surface area contributed by atoms with E-state index in [4.69, 9.17) is 0 Å². The van der Waals surface area contributed by atoms with Gasteiger partial charge in [-0.05, 0) is 110 Å². The zero-order valence-corrected chi connectivity index (χ0v) is 23.2. The molecule has 0 unspecified atom stereocenters. The Morgan fingerprint density at radius 2 is 0.634 bits per heavy atom. The number of benzene rings is 6. The summed E-state index contributed by atoms with van der Waals surface area (Å²) >= 11 is 0. The normalized spacial score (nSPS) is 13.7. The average molecular weight is 523 g/mol. The summed E-state index contributed by atoms with van der Waals surface area (Å²) in [5.74, 6) is 0. The third kappa shape index (κ3) is 3.11. The molecule has 0 fully saturated rings. The lowest BCUT2D eigenvalue weighted by Crippen LogP contribution is -2.29. The summed E-state index contributed by atoms with van der Waals surface area (Å²) in [5, 5.41) is 0. The van der Waals surface area contributed by atoms with Crippen LogP contribution in [0.4, 0.5) is 0 Å². The van der Waals surface area contributed by atoms with Crippen molar-refractivity contribution >= 4 is 0 Å². The van der Waals surface area contributed by atoms with Gasteiger partial charge in [-0.3, -0.25) is 0 Å². The zero-order chi connectivity index (χ0) is 27.1. The first-order valence-electron chi connectivity index (χ1n) is 14.8. The smallest absolute Gasteiger partial charge is 0.0432 e. The summed E-state index contributed by atoms with van der Waals surface area (Å²) in [6.45, 7) is 2.52. The first-order valence-corrected chi connectivity index (χ1v) is 14.8. The molecular weight excluding hydrogens is 492 g/mol. The van der Waals surface area contributed by atoms with Gasteiger partial charge in [-0.2, -0.15) is 0 Å². The predicted molar refractivity (Wildman–Crippen MR) is 170 cm³/mol. The fraction of sp³-hybridized carbons (Fsp3) is 0.122.